The fourth-order valence-corrected chi connectivity index (χ4v) is 2.64. The maximum atomic E-state index is 12.3. The molecule has 1 heterocycles. The molecular weight excluding hydrogens is 334 g/mol. The smallest absolute Gasteiger partial charge is 0.410 e. The number of nitrogens with two attached hydrogens (primary N) is 1. The van der Waals surface area contributed by atoms with Crippen molar-refractivity contribution in [2.24, 2.45) is 0 Å². The van der Waals surface area contributed by atoms with E-state index in [0.717, 1.165) is 0 Å². The van der Waals surface area contributed by atoms with Gasteiger partial charge in [0.2, 0.25) is 5.91 Å². The molecule has 2 rings (SSSR count). The number of nitrogen functional groups attached to an aromatic ring is 1. The Bertz CT molecular complexity index is 619. The normalized spacial score (nSPS) is 14.9. The lowest BCUT2D eigenvalue weighted by atomic mass is 10.2. The number of carbonyl (C=O) groups is 2. The summed E-state index contributed by atoms with van der Waals surface area (Å²) in [5.41, 5.74) is 5.84. The predicted octanol–water partition coefficient (Wildman–Crippen LogP) is 2.51. The summed E-state index contributed by atoms with van der Waals surface area (Å²) in [6.07, 6.45) is 0.745. The Morgan fingerprint density at radius 3 is 2.38 bits per heavy atom. The fourth-order valence-electron chi connectivity index (χ4n) is 2.64. The van der Waals surface area contributed by atoms with Crippen LogP contribution >= 0.6 is 0 Å². The van der Waals surface area contributed by atoms with Gasteiger partial charge in [0.1, 0.15) is 11.4 Å². The van der Waals surface area contributed by atoms with Crippen molar-refractivity contribution >= 4 is 17.7 Å². The van der Waals surface area contributed by atoms with E-state index in [1.807, 2.05) is 32.9 Å². The molecule has 2 amide bonds. The summed E-state index contributed by atoms with van der Waals surface area (Å²) in [6.45, 7) is 8.07. The SMILES string of the molecule is CC(C)(C)OC(=O)N1CCN(C(=O)CCCOc2cccc(N)c2)CC1. The highest BCUT2D eigenvalue weighted by molar-refractivity contribution is 5.76. The van der Waals surface area contributed by atoms with Gasteiger partial charge in [0.05, 0.1) is 6.61 Å². The van der Waals surface area contributed by atoms with Crippen molar-refractivity contribution in [3.05, 3.63) is 24.3 Å². The summed E-state index contributed by atoms with van der Waals surface area (Å²) in [5.74, 6) is 0.799. The fraction of sp³-hybridized carbons (Fsp3) is 0.579. The van der Waals surface area contributed by atoms with Crippen LogP contribution in [-0.4, -0.2) is 60.2 Å². The molecule has 0 saturated carbocycles. The van der Waals surface area contributed by atoms with Crippen LogP contribution in [0.25, 0.3) is 0 Å². The Hall–Kier alpha value is -2.44. The lowest BCUT2D eigenvalue weighted by molar-refractivity contribution is -0.133. The van der Waals surface area contributed by atoms with E-state index in [4.69, 9.17) is 15.2 Å². The molecule has 7 heteroatoms. The maximum absolute atomic E-state index is 12.3. The summed E-state index contributed by atoms with van der Waals surface area (Å²) < 4.78 is 11.0. The molecule has 1 fully saturated rings. The molecule has 1 aromatic rings. The molecule has 144 valence electrons. The van der Waals surface area contributed by atoms with Gasteiger partial charge in [0.25, 0.3) is 0 Å². The van der Waals surface area contributed by atoms with Crippen LogP contribution < -0.4 is 10.5 Å². The van der Waals surface area contributed by atoms with Gasteiger partial charge < -0.3 is 25.0 Å². The number of anilines is 1. The van der Waals surface area contributed by atoms with Crippen LogP contribution in [-0.2, 0) is 9.53 Å². The van der Waals surface area contributed by atoms with Gasteiger partial charge in [-0.05, 0) is 39.3 Å². The zero-order valence-electron chi connectivity index (χ0n) is 15.9. The molecule has 1 aromatic carbocycles. The number of hydrogen-bond acceptors (Lipinski definition) is 5. The number of amides is 2. The second kappa shape index (κ2) is 8.78. The van der Waals surface area contributed by atoms with E-state index >= 15 is 0 Å². The van der Waals surface area contributed by atoms with E-state index in [1.165, 1.54) is 0 Å². The largest absolute Gasteiger partial charge is 0.494 e. The number of nitrogens with zero attached hydrogens (tertiary/aromatic N) is 2. The second-order valence-electron chi connectivity index (χ2n) is 7.37. The Balaban J connectivity index is 1.66. The highest BCUT2D eigenvalue weighted by atomic mass is 16.6. The average Bonchev–Trinajstić information content (AvgIpc) is 2.57. The standard InChI is InChI=1S/C19H29N3O4/c1-19(2,3)26-18(24)22-11-9-21(10-12-22)17(23)8-5-13-25-16-7-4-6-15(20)14-16/h4,6-7,14H,5,8-13,20H2,1-3H3. The van der Waals surface area contributed by atoms with Crippen molar-refractivity contribution < 1.29 is 19.1 Å². The van der Waals surface area contributed by atoms with Crippen LogP contribution in [0.5, 0.6) is 5.75 Å². The quantitative estimate of drug-likeness (QED) is 0.642. The minimum absolute atomic E-state index is 0.0880. The molecule has 1 aliphatic heterocycles. The Morgan fingerprint density at radius 2 is 1.77 bits per heavy atom. The average molecular weight is 363 g/mol. The van der Waals surface area contributed by atoms with Gasteiger partial charge in [-0.2, -0.15) is 0 Å². The predicted molar refractivity (Wildman–Crippen MR) is 100.0 cm³/mol. The molecular formula is C19H29N3O4. The molecule has 0 bridgehead atoms. The van der Waals surface area contributed by atoms with Crippen LogP contribution in [0, 0.1) is 0 Å². The highest BCUT2D eigenvalue weighted by Gasteiger charge is 2.27. The number of benzene rings is 1. The monoisotopic (exact) mass is 363 g/mol. The number of hydrogen-bond donors (Lipinski definition) is 1. The lowest BCUT2D eigenvalue weighted by Crippen LogP contribution is -2.51. The molecule has 1 aliphatic rings. The molecule has 0 radical (unpaired) electrons. The van der Waals surface area contributed by atoms with Crippen molar-refractivity contribution in [3.63, 3.8) is 0 Å². The summed E-state index contributed by atoms with van der Waals surface area (Å²) in [5, 5.41) is 0. The molecule has 0 spiro atoms. The summed E-state index contributed by atoms with van der Waals surface area (Å²) in [7, 11) is 0. The number of ether oxygens (including phenoxy) is 2. The number of rotatable bonds is 5. The molecule has 0 unspecified atom stereocenters. The van der Waals surface area contributed by atoms with Crippen LogP contribution in [0.3, 0.4) is 0 Å². The first kappa shape index (κ1) is 19.9. The van der Waals surface area contributed by atoms with Crippen LogP contribution in [0.1, 0.15) is 33.6 Å². The van der Waals surface area contributed by atoms with Gasteiger partial charge in [-0.3, -0.25) is 4.79 Å². The highest BCUT2D eigenvalue weighted by Crippen LogP contribution is 2.15. The Labute approximate surface area is 155 Å². The Kier molecular flexibility index (Phi) is 6.71. The van der Waals surface area contributed by atoms with Gasteiger partial charge in [-0.15, -0.1) is 0 Å². The van der Waals surface area contributed by atoms with Gasteiger partial charge in [-0.1, -0.05) is 6.07 Å². The third kappa shape index (κ3) is 6.46. The van der Waals surface area contributed by atoms with Gasteiger partial charge in [0.15, 0.2) is 0 Å². The van der Waals surface area contributed by atoms with Gasteiger partial charge in [0, 0.05) is 44.4 Å². The minimum atomic E-state index is -0.506. The van der Waals surface area contributed by atoms with Crippen molar-refractivity contribution in [3.8, 4) is 5.75 Å². The molecule has 0 aromatic heterocycles. The van der Waals surface area contributed by atoms with Crippen molar-refractivity contribution in [2.45, 2.75) is 39.2 Å². The number of piperazine rings is 1. The first-order chi connectivity index (χ1) is 12.2. The molecule has 2 N–H and O–H groups in total. The third-order valence-electron chi connectivity index (χ3n) is 3.95. The first-order valence-electron chi connectivity index (χ1n) is 8.99. The molecule has 0 aliphatic carbocycles. The summed E-state index contributed by atoms with van der Waals surface area (Å²) >= 11 is 0. The van der Waals surface area contributed by atoms with Crippen LogP contribution in [0.4, 0.5) is 10.5 Å². The van der Waals surface area contributed by atoms with Crippen molar-refractivity contribution in [1.29, 1.82) is 0 Å². The van der Waals surface area contributed by atoms with Crippen molar-refractivity contribution in [2.75, 3.05) is 38.5 Å². The zero-order valence-corrected chi connectivity index (χ0v) is 15.9. The third-order valence-corrected chi connectivity index (χ3v) is 3.95. The van der Waals surface area contributed by atoms with E-state index in [0.29, 0.717) is 57.1 Å². The zero-order chi connectivity index (χ0) is 19.2. The molecule has 26 heavy (non-hydrogen) atoms. The van der Waals surface area contributed by atoms with Gasteiger partial charge >= 0.3 is 6.09 Å². The second-order valence-corrected chi connectivity index (χ2v) is 7.37. The van der Waals surface area contributed by atoms with Crippen LogP contribution in [0.15, 0.2) is 24.3 Å². The number of carbonyl (C=O) groups excluding carboxylic acids is 2. The Morgan fingerprint density at radius 1 is 1.12 bits per heavy atom. The van der Waals surface area contributed by atoms with Gasteiger partial charge in [-0.25, -0.2) is 4.79 Å². The van der Waals surface area contributed by atoms with E-state index in [1.54, 1.807) is 21.9 Å². The maximum Gasteiger partial charge on any atom is 0.410 e. The van der Waals surface area contributed by atoms with E-state index in [-0.39, 0.29) is 12.0 Å². The van der Waals surface area contributed by atoms with E-state index < -0.39 is 5.60 Å². The topological polar surface area (TPSA) is 85.1 Å². The first-order valence-corrected chi connectivity index (χ1v) is 8.99. The van der Waals surface area contributed by atoms with Crippen LogP contribution in [0.2, 0.25) is 0 Å². The summed E-state index contributed by atoms with van der Waals surface area (Å²) in [6, 6.07) is 7.24. The molecule has 1 saturated heterocycles. The van der Waals surface area contributed by atoms with E-state index in [9.17, 15) is 9.59 Å². The molecule has 7 nitrogen and oxygen atoms in total. The van der Waals surface area contributed by atoms with E-state index in [2.05, 4.69) is 0 Å². The van der Waals surface area contributed by atoms with Crippen molar-refractivity contribution in [1.82, 2.24) is 9.80 Å². The minimum Gasteiger partial charge on any atom is -0.494 e. The molecule has 0 atom stereocenters. The lowest BCUT2D eigenvalue weighted by Gasteiger charge is -2.35. The summed E-state index contributed by atoms with van der Waals surface area (Å²) in [4.78, 5) is 27.8.